The molecule has 0 spiro atoms. The Hall–Kier alpha value is -3.33. The SMILES string of the molecule is CC.CC(C)(C(=O)NCc1ccc(Cl)c(C(=O)Nc2ccc(OCC(F)F)c(C(=O)NCCC(F)(F)F)c2)c1Cl)C(F)(F)F. The molecule has 0 saturated heterocycles. The van der Waals surface area contributed by atoms with Gasteiger partial charge in [0.25, 0.3) is 18.2 Å². The summed E-state index contributed by atoms with van der Waals surface area (Å²) in [4.78, 5) is 37.7. The van der Waals surface area contributed by atoms with Crippen molar-refractivity contribution in [3.05, 3.63) is 57.1 Å². The van der Waals surface area contributed by atoms with Crippen LogP contribution in [0.3, 0.4) is 0 Å². The van der Waals surface area contributed by atoms with Crippen LogP contribution in [0, 0.1) is 5.41 Å². The molecule has 0 aliphatic carbocycles. The van der Waals surface area contributed by atoms with Crippen LogP contribution in [0.2, 0.25) is 10.0 Å². The number of hydrogen-bond acceptors (Lipinski definition) is 4. The molecule has 0 unspecified atom stereocenters. The van der Waals surface area contributed by atoms with Gasteiger partial charge in [0.1, 0.15) is 17.8 Å². The molecule has 0 radical (unpaired) electrons. The van der Waals surface area contributed by atoms with E-state index in [1.807, 2.05) is 19.2 Å². The fourth-order valence-corrected chi connectivity index (χ4v) is 3.75. The Morgan fingerprint density at radius 3 is 2.07 bits per heavy atom. The second-order valence-electron chi connectivity index (χ2n) is 9.19. The molecular formula is C27H29Cl2F8N3O4. The zero-order valence-electron chi connectivity index (χ0n) is 23.7. The van der Waals surface area contributed by atoms with Gasteiger partial charge in [0.15, 0.2) is 0 Å². The third-order valence-corrected chi connectivity index (χ3v) is 6.40. The Morgan fingerprint density at radius 2 is 1.52 bits per heavy atom. The van der Waals surface area contributed by atoms with Crippen molar-refractivity contribution in [1.29, 1.82) is 0 Å². The highest BCUT2D eigenvalue weighted by molar-refractivity contribution is 6.40. The van der Waals surface area contributed by atoms with E-state index in [2.05, 4.69) is 10.6 Å². The van der Waals surface area contributed by atoms with E-state index in [9.17, 15) is 49.5 Å². The van der Waals surface area contributed by atoms with E-state index in [1.165, 1.54) is 12.1 Å². The Balaban J connectivity index is 0.00000474. The largest absolute Gasteiger partial charge is 0.487 e. The average Bonchev–Trinajstić information content (AvgIpc) is 2.91. The zero-order chi connectivity index (χ0) is 34.0. The maximum atomic E-state index is 13.1. The van der Waals surface area contributed by atoms with Crippen molar-refractivity contribution >= 4 is 46.6 Å². The molecule has 246 valence electrons. The third-order valence-electron chi connectivity index (χ3n) is 5.65. The van der Waals surface area contributed by atoms with Crippen LogP contribution in [0.4, 0.5) is 40.8 Å². The first-order valence-corrected chi connectivity index (χ1v) is 13.5. The van der Waals surface area contributed by atoms with E-state index in [1.54, 1.807) is 0 Å². The van der Waals surface area contributed by atoms with Gasteiger partial charge in [0.05, 0.1) is 27.6 Å². The molecule has 3 N–H and O–H groups in total. The maximum absolute atomic E-state index is 13.1. The van der Waals surface area contributed by atoms with Gasteiger partial charge in [-0.25, -0.2) is 8.78 Å². The third kappa shape index (κ3) is 11.0. The van der Waals surface area contributed by atoms with Gasteiger partial charge in [-0.3, -0.25) is 14.4 Å². The summed E-state index contributed by atoms with van der Waals surface area (Å²) in [5.74, 6) is -3.87. The lowest BCUT2D eigenvalue weighted by atomic mass is 9.91. The number of carbonyl (C=O) groups excluding carboxylic acids is 3. The van der Waals surface area contributed by atoms with Crippen LogP contribution in [-0.4, -0.2) is 49.7 Å². The number of halogens is 10. The molecule has 0 atom stereocenters. The molecule has 2 aromatic rings. The van der Waals surface area contributed by atoms with Crippen molar-refractivity contribution in [1.82, 2.24) is 10.6 Å². The molecule has 0 bridgehead atoms. The molecule has 17 heteroatoms. The van der Waals surface area contributed by atoms with Gasteiger partial charge in [-0.15, -0.1) is 0 Å². The van der Waals surface area contributed by atoms with E-state index >= 15 is 0 Å². The summed E-state index contributed by atoms with van der Waals surface area (Å²) in [6, 6.07) is 5.57. The van der Waals surface area contributed by atoms with E-state index in [0.29, 0.717) is 13.8 Å². The number of carbonyl (C=O) groups is 3. The zero-order valence-corrected chi connectivity index (χ0v) is 25.2. The van der Waals surface area contributed by atoms with Gasteiger partial charge in [-0.1, -0.05) is 43.1 Å². The molecule has 0 saturated carbocycles. The number of rotatable bonds is 11. The minimum Gasteiger partial charge on any atom is -0.487 e. The maximum Gasteiger partial charge on any atom is 0.402 e. The van der Waals surface area contributed by atoms with Crippen LogP contribution in [0.5, 0.6) is 5.75 Å². The van der Waals surface area contributed by atoms with E-state index in [0.717, 1.165) is 18.2 Å². The Kier molecular flexibility index (Phi) is 14.2. The Bertz CT molecular complexity index is 1320. The summed E-state index contributed by atoms with van der Waals surface area (Å²) in [7, 11) is 0. The summed E-state index contributed by atoms with van der Waals surface area (Å²) in [6.07, 6.45) is -13.7. The molecule has 2 rings (SSSR count). The second kappa shape index (κ2) is 16.1. The fourth-order valence-electron chi connectivity index (χ4n) is 3.14. The fraction of sp³-hybridized carbons (Fsp3) is 0.444. The molecule has 3 amide bonds. The van der Waals surface area contributed by atoms with Crippen LogP contribution < -0.4 is 20.7 Å². The number of anilines is 1. The lowest BCUT2D eigenvalue weighted by molar-refractivity contribution is -0.211. The van der Waals surface area contributed by atoms with Gasteiger partial charge in [-0.05, 0) is 43.7 Å². The molecule has 7 nitrogen and oxygen atoms in total. The number of nitrogens with one attached hydrogen (secondary N) is 3. The highest BCUT2D eigenvalue weighted by Crippen LogP contribution is 2.38. The predicted molar refractivity (Wildman–Crippen MR) is 148 cm³/mol. The van der Waals surface area contributed by atoms with Gasteiger partial charge < -0.3 is 20.7 Å². The van der Waals surface area contributed by atoms with E-state index in [4.69, 9.17) is 27.9 Å². The number of benzene rings is 2. The van der Waals surface area contributed by atoms with Crippen LogP contribution in [0.1, 0.15) is 60.4 Å². The van der Waals surface area contributed by atoms with Gasteiger partial charge in [-0.2, -0.15) is 26.3 Å². The molecule has 0 aliphatic rings. The highest BCUT2D eigenvalue weighted by atomic mass is 35.5. The van der Waals surface area contributed by atoms with Crippen molar-refractivity contribution in [3.63, 3.8) is 0 Å². The Morgan fingerprint density at radius 1 is 0.909 bits per heavy atom. The first-order chi connectivity index (χ1) is 20.2. The topological polar surface area (TPSA) is 96.5 Å². The first-order valence-electron chi connectivity index (χ1n) is 12.8. The van der Waals surface area contributed by atoms with Gasteiger partial charge >= 0.3 is 12.4 Å². The van der Waals surface area contributed by atoms with Crippen molar-refractivity contribution < 1.29 is 54.2 Å². The number of alkyl halides is 8. The molecule has 0 fully saturated rings. The average molecular weight is 682 g/mol. The monoisotopic (exact) mass is 681 g/mol. The minimum atomic E-state index is -4.85. The van der Waals surface area contributed by atoms with Crippen molar-refractivity contribution in [2.75, 3.05) is 18.5 Å². The molecule has 0 heterocycles. The number of amides is 3. The van der Waals surface area contributed by atoms with Crippen molar-refractivity contribution in [3.8, 4) is 5.75 Å². The summed E-state index contributed by atoms with van der Waals surface area (Å²) >= 11 is 12.4. The Labute approximate surface area is 257 Å². The second-order valence-corrected chi connectivity index (χ2v) is 9.97. The highest BCUT2D eigenvalue weighted by Gasteiger charge is 2.52. The molecule has 0 aliphatic heterocycles. The normalized spacial score (nSPS) is 11.8. The van der Waals surface area contributed by atoms with E-state index < -0.39 is 79.3 Å². The summed E-state index contributed by atoms with van der Waals surface area (Å²) in [5, 5.41) is 5.88. The quantitative estimate of drug-likeness (QED) is 0.211. The van der Waals surface area contributed by atoms with Crippen molar-refractivity contribution in [2.45, 2.75) is 59.4 Å². The first kappa shape index (κ1) is 38.7. The van der Waals surface area contributed by atoms with Crippen molar-refractivity contribution in [2.24, 2.45) is 5.41 Å². The number of ether oxygens (including phenoxy) is 1. The van der Waals surface area contributed by atoms with E-state index in [-0.39, 0.29) is 26.9 Å². The minimum absolute atomic E-state index is 0.0259. The van der Waals surface area contributed by atoms with Gasteiger partial charge in [0, 0.05) is 18.8 Å². The standard InChI is InChI=1S/C25H23Cl2F8N3O4.C2H6/c1-23(2,25(33,34)35)22(41)37-10-12-3-5-15(26)18(19(12)27)21(40)38-13-4-6-16(42-11-17(28)29)14(9-13)20(39)36-8-7-24(30,31)32;1-2/h3-6,9,17H,7-8,10-11H2,1-2H3,(H,36,39)(H,37,41)(H,38,40);1-2H3. The van der Waals surface area contributed by atoms with Crippen LogP contribution in [0.25, 0.3) is 0 Å². The van der Waals surface area contributed by atoms with Crippen LogP contribution >= 0.6 is 23.2 Å². The predicted octanol–water partition coefficient (Wildman–Crippen LogP) is 7.80. The molecule has 0 aromatic heterocycles. The molecular weight excluding hydrogens is 653 g/mol. The molecule has 2 aromatic carbocycles. The smallest absolute Gasteiger partial charge is 0.402 e. The lowest BCUT2D eigenvalue weighted by Gasteiger charge is -2.26. The van der Waals surface area contributed by atoms with Gasteiger partial charge in [0.2, 0.25) is 5.91 Å². The summed E-state index contributed by atoms with van der Waals surface area (Å²) in [5.41, 5.74) is -3.69. The molecule has 44 heavy (non-hydrogen) atoms. The summed E-state index contributed by atoms with van der Waals surface area (Å²) in [6.45, 7) is 2.89. The summed E-state index contributed by atoms with van der Waals surface area (Å²) < 4.78 is 107. The number of hydrogen-bond donors (Lipinski definition) is 3. The lowest BCUT2D eigenvalue weighted by Crippen LogP contribution is -2.46. The van der Waals surface area contributed by atoms with Crippen LogP contribution in [0.15, 0.2) is 30.3 Å². The van der Waals surface area contributed by atoms with Crippen LogP contribution in [-0.2, 0) is 11.3 Å².